The first kappa shape index (κ1) is 13.8. The standard InChI is InChI=1S/C15H23NO/c1-11-7-8-13(12(2)9-11)16(6)10-14(17)15(3,4)5/h7-9H,10H2,1-6H3. The van der Waals surface area contributed by atoms with E-state index in [1.165, 1.54) is 11.1 Å². The Morgan fingerprint density at radius 1 is 1.24 bits per heavy atom. The van der Waals surface area contributed by atoms with Crippen LogP contribution in [0.4, 0.5) is 5.69 Å². The van der Waals surface area contributed by atoms with Crippen molar-refractivity contribution in [3.63, 3.8) is 0 Å². The number of carbonyl (C=O) groups excluding carboxylic acids is 1. The largest absolute Gasteiger partial charge is 0.367 e. The molecule has 0 N–H and O–H groups in total. The summed E-state index contributed by atoms with van der Waals surface area (Å²) < 4.78 is 0. The number of hydrogen-bond acceptors (Lipinski definition) is 2. The molecule has 0 saturated heterocycles. The Morgan fingerprint density at radius 2 is 1.82 bits per heavy atom. The molecule has 0 bridgehead atoms. The van der Waals surface area contributed by atoms with Gasteiger partial charge in [0.2, 0.25) is 0 Å². The van der Waals surface area contributed by atoms with Crippen molar-refractivity contribution in [3.8, 4) is 0 Å². The summed E-state index contributed by atoms with van der Waals surface area (Å²) in [6.45, 7) is 10.5. The molecule has 1 aromatic rings. The lowest BCUT2D eigenvalue weighted by Crippen LogP contribution is -2.33. The summed E-state index contributed by atoms with van der Waals surface area (Å²) in [5.74, 6) is 0.264. The van der Waals surface area contributed by atoms with Gasteiger partial charge in [0.15, 0.2) is 5.78 Å². The Labute approximate surface area is 105 Å². The highest BCUT2D eigenvalue weighted by Crippen LogP contribution is 2.22. The summed E-state index contributed by atoms with van der Waals surface area (Å²) in [6, 6.07) is 6.31. The summed E-state index contributed by atoms with van der Waals surface area (Å²) in [5, 5.41) is 0. The van der Waals surface area contributed by atoms with E-state index in [9.17, 15) is 4.79 Å². The smallest absolute Gasteiger partial charge is 0.157 e. The van der Waals surface area contributed by atoms with Crippen LogP contribution in [0.1, 0.15) is 31.9 Å². The maximum atomic E-state index is 12.0. The number of aryl methyl sites for hydroxylation is 2. The van der Waals surface area contributed by atoms with E-state index < -0.39 is 0 Å². The molecule has 17 heavy (non-hydrogen) atoms. The van der Waals surface area contributed by atoms with Crippen LogP contribution in [0.15, 0.2) is 18.2 Å². The molecule has 94 valence electrons. The van der Waals surface area contributed by atoms with Gasteiger partial charge in [-0.2, -0.15) is 0 Å². The predicted molar refractivity (Wildman–Crippen MR) is 73.6 cm³/mol. The topological polar surface area (TPSA) is 20.3 Å². The SMILES string of the molecule is Cc1ccc(N(C)CC(=O)C(C)(C)C)c(C)c1. The van der Waals surface area contributed by atoms with Crippen molar-refractivity contribution < 1.29 is 4.79 Å². The van der Waals surface area contributed by atoms with Gasteiger partial charge < -0.3 is 4.90 Å². The van der Waals surface area contributed by atoms with Crippen LogP contribution < -0.4 is 4.90 Å². The normalized spacial score (nSPS) is 11.4. The fourth-order valence-electron chi connectivity index (χ4n) is 1.77. The van der Waals surface area contributed by atoms with Crippen LogP contribution in [0.5, 0.6) is 0 Å². The predicted octanol–water partition coefficient (Wildman–Crippen LogP) is 3.35. The van der Waals surface area contributed by atoms with Gasteiger partial charge in [0.1, 0.15) is 0 Å². The van der Waals surface area contributed by atoms with Gasteiger partial charge in [-0.15, -0.1) is 0 Å². The molecule has 0 aromatic heterocycles. The molecule has 0 aliphatic rings. The Bertz CT molecular complexity index is 415. The maximum Gasteiger partial charge on any atom is 0.157 e. The molecule has 0 amide bonds. The molecule has 1 rings (SSSR count). The van der Waals surface area contributed by atoms with Crippen LogP contribution in [-0.2, 0) is 4.79 Å². The van der Waals surface area contributed by atoms with Gasteiger partial charge in [-0.1, -0.05) is 38.5 Å². The zero-order valence-corrected chi connectivity index (χ0v) is 11.8. The summed E-state index contributed by atoms with van der Waals surface area (Å²) in [6.07, 6.45) is 0. The first-order valence-electron chi connectivity index (χ1n) is 6.03. The van der Waals surface area contributed by atoms with E-state index in [4.69, 9.17) is 0 Å². The second kappa shape index (κ2) is 4.91. The highest BCUT2D eigenvalue weighted by atomic mass is 16.1. The number of ketones is 1. The van der Waals surface area contributed by atoms with Crippen molar-refractivity contribution >= 4 is 11.5 Å². The van der Waals surface area contributed by atoms with E-state index in [0.717, 1.165) is 5.69 Å². The van der Waals surface area contributed by atoms with Crippen molar-refractivity contribution in [3.05, 3.63) is 29.3 Å². The molecule has 0 radical (unpaired) electrons. The first-order chi connectivity index (χ1) is 7.71. The second-order valence-corrected chi connectivity index (χ2v) is 5.82. The molecule has 0 aliphatic carbocycles. The van der Waals surface area contributed by atoms with Gasteiger partial charge in [-0.3, -0.25) is 4.79 Å². The molecular weight excluding hydrogens is 210 g/mol. The second-order valence-electron chi connectivity index (χ2n) is 5.82. The lowest BCUT2D eigenvalue weighted by Gasteiger charge is -2.25. The van der Waals surface area contributed by atoms with Crippen molar-refractivity contribution in [1.29, 1.82) is 0 Å². The van der Waals surface area contributed by atoms with Gasteiger partial charge in [0.05, 0.1) is 6.54 Å². The Hall–Kier alpha value is -1.31. The van der Waals surface area contributed by atoms with Crippen LogP contribution in [0.25, 0.3) is 0 Å². The molecule has 2 nitrogen and oxygen atoms in total. The molecule has 0 atom stereocenters. The minimum absolute atomic E-state index is 0.264. The van der Waals surface area contributed by atoms with Gasteiger partial charge >= 0.3 is 0 Å². The average Bonchev–Trinajstić information content (AvgIpc) is 2.15. The van der Waals surface area contributed by atoms with E-state index in [-0.39, 0.29) is 11.2 Å². The summed E-state index contributed by atoms with van der Waals surface area (Å²) >= 11 is 0. The maximum absolute atomic E-state index is 12.0. The van der Waals surface area contributed by atoms with Crippen molar-refractivity contribution in [2.24, 2.45) is 5.41 Å². The molecule has 2 heteroatoms. The van der Waals surface area contributed by atoms with Crippen LogP contribution in [0.2, 0.25) is 0 Å². The van der Waals surface area contributed by atoms with Crippen LogP contribution >= 0.6 is 0 Å². The van der Waals surface area contributed by atoms with Gasteiger partial charge in [-0.25, -0.2) is 0 Å². The van der Waals surface area contributed by atoms with Crippen molar-refractivity contribution in [2.75, 3.05) is 18.5 Å². The van der Waals surface area contributed by atoms with Gasteiger partial charge in [-0.05, 0) is 25.5 Å². The Morgan fingerprint density at radius 3 is 2.29 bits per heavy atom. The van der Waals surface area contributed by atoms with Crippen LogP contribution in [0, 0.1) is 19.3 Å². The molecule has 1 aromatic carbocycles. The average molecular weight is 233 g/mol. The lowest BCUT2D eigenvalue weighted by molar-refractivity contribution is -0.124. The number of anilines is 1. The third-order valence-corrected chi connectivity index (χ3v) is 2.98. The van der Waals surface area contributed by atoms with E-state index in [2.05, 4.69) is 32.0 Å². The third kappa shape index (κ3) is 3.58. The monoisotopic (exact) mass is 233 g/mol. The quantitative estimate of drug-likeness (QED) is 0.798. The van der Waals surface area contributed by atoms with Crippen LogP contribution in [0.3, 0.4) is 0 Å². The molecule has 0 heterocycles. The minimum atomic E-state index is -0.271. The lowest BCUT2D eigenvalue weighted by atomic mass is 9.90. The van der Waals surface area contributed by atoms with E-state index >= 15 is 0 Å². The summed E-state index contributed by atoms with van der Waals surface area (Å²) in [4.78, 5) is 14.0. The number of nitrogens with zero attached hydrogens (tertiary/aromatic N) is 1. The fourth-order valence-corrected chi connectivity index (χ4v) is 1.77. The Balaban J connectivity index is 2.84. The number of carbonyl (C=O) groups is 1. The Kier molecular flexibility index (Phi) is 3.97. The number of benzene rings is 1. The summed E-state index contributed by atoms with van der Waals surface area (Å²) in [5.41, 5.74) is 3.33. The highest BCUT2D eigenvalue weighted by Gasteiger charge is 2.22. The zero-order chi connectivity index (χ0) is 13.2. The van der Waals surface area contributed by atoms with Gasteiger partial charge in [0.25, 0.3) is 0 Å². The van der Waals surface area contributed by atoms with Crippen molar-refractivity contribution in [2.45, 2.75) is 34.6 Å². The number of Topliss-reactive ketones (excluding diaryl/α,β-unsaturated/α-hetero) is 1. The zero-order valence-electron chi connectivity index (χ0n) is 11.8. The fraction of sp³-hybridized carbons (Fsp3) is 0.533. The van der Waals surface area contributed by atoms with Gasteiger partial charge in [0, 0.05) is 18.2 Å². The molecule has 0 fully saturated rings. The number of likely N-dealkylation sites (N-methyl/N-ethyl adjacent to an activating group) is 1. The van der Waals surface area contributed by atoms with E-state index in [1.807, 2.05) is 32.7 Å². The minimum Gasteiger partial charge on any atom is -0.367 e. The highest BCUT2D eigenvalue weighted by molar-refractivity contribution is 5.88. The molecule has 0 saturated carbocycles. The molecule has 0 aliphatic heterocycles. The number of hydrogen-bond donors (Lipinski definition) is 0. The molecular formula is C15H23NO. The van der Waals surface area contributed by atoms with Crippen molar-refractivity contribution in [1.82, 2.24) is 0 Å². The summed E-state index contributed by atoms with van der Waals surface area (Å²) in [7, 11) is 1.97. The van der Waals surface area contributed by atoms with E-state index in [0.29, 0.717) is 6.54 Å². The molecule has 0 unspecified atom stereocenters. The van der Waals surface area contributed by atoms with E-state index in [1.54, 1.807) is 0 Å². The first-order valence-corrected chi connectivity index (χ1v) is 6.03. The third-order valence-electron chi connectivity index (χ3n) is 2.98. The van der Waals surface area contributed by atoms with Crippen LogP contribution in [-0.4, -0.2) is 19.4 Å². The number of rotatable bonds is 3. The molecule has 0 spiro atoms.